The molecule has 2 heterocycles. The predicted molar refractivity (Wildman–Crippen MR) is 74.4 cm³/mol. The van der Waals surface area contributed by atoms with Crippen molar-refractivity contribution in [3.05, 3.63) is 0 Å². The predicted octanol–water partition coefficient (Wildman–Crippen LogP) is 2.41. The Hall–Kier alpha value is -0.570. The van der Waals surface area contributed by atoms with Crippen LogP contribution in [0.15, 0.2) is 0 Å². The van der Waals surface area contributed by atoms with Gasteiger partial charge in [-0.25, -0.2) is 0 Å². The zero-order valence-electron chi connectivity index (χ0n) is 12.2. The molecule has 1 N–H and O–H groups in total. The van der Waals surface area contributed by atoms with Crippen LogP contribution in [0.2, 0.25) is 0 Å². The SMILES string of the molecule is CC1CCCCCN1C(=O)C1(C(C)C)CCNC1. The van der Waals surface area contributed by atoms with Gasteiger partial charge >= 0.3 is 0 Å². The Morgan fingerprint density at radius 3 is 2.72 bits per heavy atom. The summed E-state index contributed by atoms with van der Waals surface area (Å²) < 4.78 is 0. The Morgan fingerprint density at radius 2 is 2.11 bits per heavy atom. The van der Waals surface area contributed by atoms with E-state index in [0.29, 0.717) is 17.9 Å². The van der Waals surface area contributed by atoms with Crippen molar-refractivity contribution < 1.29 is 4.79 Å². The Morgan fingerprint density at radius 1 is 1.33 bits per heavy atom. The van der Waals surface area contributed by atoms with Crippen LogP contribution in [0.5, 0.6) is 0 Å². The average Bonchev–Trinajstić information content (AvgIpc) is 2.74. The summed E-state index contributed by atoms with van der Waals surface area (Å²) in [6, 6.07) is 0.427. The number of nitrogens with one attached hydrogen (secondary N) is 1. The maximum absolute atomic E-state index is 13.0. The first-order chi connectivity index (χ1) is 8.58. The normalized spacial score (nSPS) is 33.8. The van der Waals surface area contributed by atoms with Gasteiger partial charge < -0.3 is 10.2 Å². The minimum atomic E-state index is -0.140. The fourth-order valence-electron chi connectivity index (χ4n) is 3.50. The Kier molecular flexibility index (Phi) is 4.31. The second-order valence-corrected chi connectivity index (χ2v) is 6.43. The van der Waals surface area contributed by atoms with Crippen molar-refractivity contribution in [1.29, 1.82) is 0 Å². The molecule has 2 unspecified atom stereocenters. The molecule has 2 rings (SSSR count). The summed E-state index contributed by atoms with van der Waals surface area (Å²) in [7, 11) is 0. The standard InChI is InChI=1S/C15H28N2O/c1-12(2)15(8-9-16-11-15)14(18)17-10-6-4-5-7-13(17)3/h12-13,16H,4-11H2,1-3H3. The summed E-state index contributed by atoms with van der Waals surface area (Å²) in [5.74, 6) is 0.840. The van der Waals surface area contributed by atoms with E-state index in [1.165, 1.54) is 25.7 Å². The van der Waals surface area contributed by atoms with Gasteiger partial charge in [0, 0.05) is 19.1 Å². The monoisotopic (exact) mass is 252 g/mol. The summed E-state index contributed by atoms with van der Waals surface area (Å²) in [6.07, 6.45) is 5.91. The van der Waals surface area contributed by atoms with E-state index in [1.54, 1.807) is 0 Å². The molecule has 18 heavy (non-hydrogen) atoms. The molecule has 1 amide bonds. The van der Waals surface area contributed by atoms with Crippen molar-refractivity contribution >= 4 is 5.91 Å². The second-order valence-electron chi connectivity index (χ2n) is 6.43. The summed E-state index contributed by atoms with van der Waals surface area (Å²) in [5.41, 5.74) is -0.140. The first-order valence-corrected chi connectivity index (χ1v) is 7.60. The van der Waals surface area contributed by atoms with E-state index in [-0.39, 0.29) is 5.41 Å². The van der Waals surface area contributed by atoms with Crippen molar-refractivity contribution in [2.75, 3.05) is 19.6 Å². The van der Waals surface area contributed by atoms with Crippen LogP contribution in [0.25, 0.3) is 0 Å². The molecule has 0 spiro atoms. The van der Waals surface area contributed by atoms with Crippen LogP contribution < -0.4 is 5.32 Å². The zero-order chi connectivity index (χ0) is 13.2. The van der Waals surface area contributed by atoms with Gasteiger partial charge in [-0.1, -0.05) is 26.7 Å². The van der Waals surface area contributed by atoms with E-state index in [2.05, 4.69) is 31.0 Å². The number of nitrogens with zero attached hydrogens (tertiary/aromatic N) is 1. The van der Waals surface area contributed by atoms with Gasteiger partial charge in [0.25, 0.3) is 0 Å². The van der Waals surface area contributed by atoms with E-state index >= 15 is 0 Å². The molecule has 0 saturated carbocycles. The third-order valence-electron chi connectivity index (χ3n) is 5.03. The minimum absolute atomic E-state index is 0.140. The van der Waals surface area contributed by atoms with E-state index in [1.807, 2.05) is 0 Å². The van der Waals surface area contributed by atoms with Crippen molar-refractivity contribution in [2.45, 2.75) is 58.9 Å². The molecule has 2 saturated heterocycles. The Bertz CT molecular complexity index is 295. The Balaban J connectivity index is 2.17. The lowest BCUT2D eigenvalue weighted by molar-refractivity contribution is -0.145. The van der Waals surface area contributed by atoms with E-state index < -0.39 is 0 Å². The highest BCUT2D eigenvalue weighted by Crippen LogP contribution is 2.37. The number of hydrogen-bond acceptors (Lipinski definition) is 2. The first kappa shape index (κ1) is 13.9. The smallest absolute Gasteiger partial charge is 0.230 e. The molecule has 3 heteroatoms. The van der Waals surface area contributed by atoms with Gasteiger partial charge in [-0.05, 0) is 38.6 Å². The van der Waals surface area contributed by atoms with Crippen molar-refractivity contribution in [2.24, 2.45) is 11.3 Å². The summed E-state index contributed by atoms with van der Waals surface area (Å²) in [5, 5.41) is 3.40. The molecule has 0 aromatic rings. The molecule has 0 aromatic carbocycles. The second kappa shape index (κ2) is 5.60. The van der Waals surface area contributed by atoms with Gasteiger partial charge in [0.15, 0.2) is 0 Å². The summed E-state index contributed by atoms with van der Waals surface area (Å²) >= 11 is 0. The highest BCUT2D eigenvalue weighted by Gasteiger charge is 2.46. The number of carbonyl (C=O) groups is 1. The van der Waals surface area contributed by atoms with Crippen LogP contribution in [0.3, 0.4) is 0 Å². The van der Waals surface area contributed by atoms with Gasteiger partial charge in [0.2, 0.25) is 5.91 Å². The number of carbonyl (C=O) groups excluding carboxylic acids is 1. The number of rotatable bonds is 2. The van der Waals surface area contributed by atoms with Gasteiger partial charge in [-0.15, -0.1) is 0 Å². The number of likely N-dealkylation sites (tertiary alicyclic amines) is 1. The van der Waals surface area contributed by atoms with Gasteiger partial charge in [-0.2, -0.15) is 0 Å². The number of amides is 1. The lowest BCUT2D eigenvalue weighted by atomic mass is 9.75. The van der Waals surface area contributed by atoms with Crippen LogP contribution in [0, 0.1) is 11.3 Å². The Labute approximate surface area is 111 Å². The molecule has 0 aliphatic carbocycles. The fourth-order valence-corrected chi connectivity index (χ4v) is 3.50. The molecule has 0 aromatic heterocycles. The molecule has 0 bridgehead atoms. The van der Waals surface area contributed by atoms with Crippen molar-refractivity contribution in [3.8, 4) is 0 Å². The molecule has 0 radical (unpaired) electrons. The van der Waals surface area contributed by atoms with Crippen LogP contribution >= 0.6 is 0 Å². The quantitative estimate of drug-likeness (QED) is 0.818. The zero-order valence-corrected chi connectivity index (χ0v) is 12.2. The summed E-state index contributed by atoms with van der Waals surface area (Å²) in [6.45, 7) is 9.45. The van der Waals surface area contributed by atoms with Gasteiger partial charge in [0.05, 0.1) is 5.41 Å². The molecule has 2 aliphatic heterocycles. The molecule has 2 aliphatic rings. The fraction of sp³-hybridized carbons (Fsp3) is 0.933. The molecule has 104 valence electrons. The molecular formula is C15H28N2O. The molecular weight excluding hydrogens is 224 g/mol. The summed E-state index contributed by atoms with van der Waals surface area (Å²) in [4.78, 5) is 15.2. The molecule has 2 atom stereocenters. The first-order valence-electron chi connectivity index (χ1n) is 7.60. The largest absolute Gasteiger partial charge is 0.339 e. The van der Waals surface area contributed by atoms with Crippen molar-refractivity contribution in [3.63, 3.8) is 0 Å². The van der Waals surface area contributed by atoms with Crippen LogP contribution in [0.4, 0.5) is 0 Å². The van der Waals surface area contributed by atoms with Crippen LogP contribution in [0.1, 0.15) is 52.9 Å². The highest BCUT2D eigenvalue weighted by molar-refractivity contribution is 5.84. The van der Waals surface area contributed by atoms with E-state index in [4.69, 9.17) is 0 Å². The molecule has 2 fully saturated rings. The third-order valence-corrected chi connectivity index (χ3v) is 5.03. The lowest BCUT2D eigenvalue weighted by Gasteiger charge is -2.39. The average molecular weight is 252 g/mol. The lowest BCUT2D eigenvalue weighted by Crippen LogP contribution is -2.51. The van der Waals surface area contributed by atoms with Crippen LogP contribution in [-0.2, 0) is 4.79 Å². The van der Waals surface area contributed by atoms with E-state index in [9.17, 15) is 4.79 Å². The van der Waals surface area contributed by atoms with Gasteiger partial charge in [-0.3, -0.25) is 4.79 Å². The van der Waals surface area contributed by atoms with Crippen molar-refractivity contribution in [1.82, 2.24) is 10.2 Å². The molecule has 3 nitrogen and oxygen atoms in total. The topological polar surface area (TPSA) is 32.3 Å². The van der Waals surface area contributed by atoms with Gasteiger partial charge in [0.1, 0.15) is 0 Å². The maximum Gasteiger partial charge on any atom is 0.230 e. The number of hydrogen-bond donors (Lipinski definition) is 1. The third kappa shape index (κ3) is 2.42. The minimum Gasteiger partial charge on any atom is -0.339 e. The van der Waals surface area contributed by atoms with E-state index in [0.717, 1.165) is 26.1 Å². The van der Waals surface area contributed by atoms with Crippen LogP contribution in [-0.4, -0.2) is 36.5 Å². The maximum atomic E-state index is 13.0. The highest BCUT2D eigenvalue weighted by atomic mass is 16.2.